The van der Waals surface area contributed by atoms with Crippen molar-refractivity contribution in [1.29, 1.82) is 0 Å². The fourth-order valence-electron chi connectivity index (χ4n) is 0.506. The number of hydrogen-bond acceptors (Lipinski definition) is 2. The average Bonchev–Trinajstić information content (AvgIpc) is 1.64. The van der Waals surface area contributed by atoms with E-state index in [-0.39, 0.29) is 5.76 Å². The molecule has 0 aromatic heterocycles. The standard InChI is InChI=1S/C7H11NO/c1-4-7(5(2)8)6(3)9/h4,9H,1,3,8H2,2H3/b7-5+. The van der Waals surface area contributed by atoms with Crippen molar-refractivity contribution < 1.29 is 5.11 Å². The van der Waals surface area contributed by atoms with Gasteiger partial charge < -0.3 is 10.8 Å². The summed E-state index contributed by atoms with van der Waals surface area (Å²) in [6, 6.07) is 0. The number of nitrogens with two attached hydrogens (primary N) is 1. The number of aliphatic hydroxyl groups excluding tert-OH is 1. The van der Waals surface area contributed by atoms with Crippen LogP contribution in [0.15, 0.2) is 36.3 Å². The molecule has 9 heavy (non-hydrogen) atoms. The summed E-state index contributed by atoms with van der Waals surface area (Å²) in [4.78, 5) is 0. The second-order valence-corrected chi connectivity index (χ2v) is 1.75. The zero-order valence-electron chi connectivity index (χ0n) is 5.52. The van der Waals surface area contributed by atoms with Gasteiger partial charge in [-0.25, -0.2) is 0 Å². The van der Waals surface area contributed by atoms with E-state index in [4.69, 9.17) is 10.8 Å². The molecule has 0 fully saturated rings. The third-order valence-corrected chi connectivity index (χ3v) is 0.940. The van der Waals surface area contributed by atoms with Gasteiger partial charge in [0.25, 0.3) is 0 Å². The van der Waals surface area contributed by atoms with Crippen LogP contribution >= 0.6 is 0 Å². The monoisotopic (exact) mass is 125 g/mol. The number of aliphatic hydroxyl groups is 1. The summed E-state index contributed by atoms with van der Waals surface area (Å²) in [7, 11) is 0. The van der Waals surface area contributed by atoms with Gasteiger partial charge in [0.15, 0.2) is 0 Å². The van der Waals surface area contributed by atoms with Gasteiger partial charge in [0.05, 0.1) is 0 Å². The average molecular weight is 125 g/mol. The van der Waals surface area contributed by atoms with E-state index in [0.29, 0.717) is 11.3 Å². The maximum absolute atomic E-state index is 8.78. The van der Waals surface area contributed by atoms with Crippen LogP contribution in [-0.4, -0.2) is 5.11 Å². The van der Waals surface area contributed by atoms with E-state index < -0.39 is 0 Å². The van der Waals surface area contributed by atoms with Crippen LogP contribution in [-0.2, 0) is 0 Å². The lowest BCUT2D eigenvalue weighted by atomic mass is 10.2. The molecule has 0 amide bonds. The molecular weight excluding hydrogens is 114 g/mol. The van der Waals surface area contributed by atoms with E-state index in [1.807, 2.05) is 0 Å². The van der Waals surface area contributed by atoms with Gasteiger partial charge in [0.1, 0.15) is 5.76 Å². The zero-order chi connectivity index (χ0) is 7.44. The van der Waals surface area contributed by atoms with Crippen molar-refractivity contribution in [2.24, 2.45) is 5.73 Å². The Labute approximate surface area is 55.0 Å². The van der Waals surface area contributed by atoms with Crippen LogP contribution in [0.5, 0.6) is 0 Å². The molecule has 0 saturated carbocycles. The van der Waals surface area contributed by atoms with Gasteiger partial charge >= 0.3 is 0 Å². The molecule has 2 nitrogen and oxygen atoms in total. The summed E-state index contributed by atoms with van der Waals surface area (Å²) < 4.78 is 0. The Bertz CT molecular complexity index is 164. The fraction of sp³-hybridized carbons (Fsp3) is 0.143. The minimum Gasteiger partial charge on any atom is -0.508 e. The van der Waals surface area contributed by atoms with Gasteiger partial charge in [-0.1, -0.05) is 19.2 Å². The van der Waals surface area contributed by atoms with Crippen LogP contribution in [0.3, 0.4) is 0 Å². The predicted octanol–water partition coefficient (Wildman–Crippen LogP) is 1.48. The van der Waals surface area contributed by atoms with Crippen LogP contribution in [0, 0.1) is 0 Å². The first-order valence-corrected chi connectivity index (χ1v) is 2.56. The molecule has 0 radical (unpaired) electrons. The van der Waals surface area contributed by atoms with E-state index in [9.17, 15) is 0 Å². The van der Waals surface area contributed by atoms with Crippen LogP contribution in [0.4, 0.5) is 0 Å². The Morgan fingerprint density at radius 2 is 2.11 bits per heavy atom. The molecule has 3 N–H and O–H groups in total. The molecule has 0 rings (SSSR count). The fourth-order valence-corrected chi connectivity index (χ4v) is 0.506. The normalized spacial score (nSPS) is 12.1. The first-order valence-electron chi connectivity index (χ1n) is 2.56. The van der Waals surface area contributed by atoms with Gasteiger partial charge in [-0.2, -0.15) is 0 Å². The van der Waals surface area contributed by atoms with E-state index in [1.165, 1.54) is 6.08 Å². The maximum atomic E-state index is 8.78. The van der Waals surface area contributed by atoms with Crippen LogP contribution < -0.4 is 5.73 Å². The molecule has 0 aliphatic carbocycles. The Kier molecular flexibility index (Phi) is 2.58. The zero-order valence-corrected chi connectivity index (χ0v) is 5.52. The summed E-state index contributed by atoms with van der Waals surface area (Å²) in [5, 5.41) is 8.78. The summed E-state index contributed by atoms with van der Waals surface area (Å²) in [5.74, 6) is -0.0370. The molecule has 0 aliphatic heterocycles. The van der Waals surface area contributed by atoms with Gasteiger partial charge in [0.2, 0.25) is 0 Å². The largest absolute Gasteiger partial charge is 0.508 e. The lowest BCUT2D eigenvalue weighted by Gasteiger charge is -1.99. The SMILES string of the molecule is C=C/C(C(=C)O)=C(/C)N. The molecule has 0 aliphatic rings. The highest BCUT2D eigenvalue weighted by Gasteiger charge is 1.95. The van der Waals surface area contributed by atoms with Crippen molar-refractivity contribution in [1.82, 2.24) is 0 Å². The molecular formula is C7H11NO. The van der Waals surface area contributed by atoms with Crippen LogP contribution in [0.2, 0.25) is 0 Å². The molecule has 2 heteroatoms. The quantitative estimate of drug-likeness (QED) is 0.433. The maximum Gasteiger partial charge on any atom is 0.117 e. The molecule has 0 bridgehead atoms. The molecule has 0 unspecified atom stereocenters. The van der Waals surface area contributed by atoms with Crippen molar-refractivity contribution in [3.63, 3.8) is 0 Å². The highest BCUT2D eigenvalue weighted by Crippen LogP contribution is 2.06. The summed E-state index contributed by atoms with van der Waals surface area (Å²) in [6.07, 6.45) is 1.47. The molecule has 0 spiro atoms. The van der Waals surface area contributed by atoms with Gasteiger partial charge in [0, 0.05) is 11.3 Å². The van der Waals surface area contributed by atoms with Crippen molar-refractivity contribution >= 4 is 0 Å². The summed E-state index contributed by atoms with van der Waals surface area (Å²) in [5.41, 5.74) is 6.37. The van der Waals surface area contributed by atoms with Crippen molar-refractivity contribution in [2.45, 2.75) is 6.92 Å². The molecule has 0 aromatic carbocycles. The smallest absolute Gasteiger partial charge is 0.117 e. The minimum atomic E-state index is -0.0370. The highest BCUT2D eigenvalue weighted by atomic mass is 16.3. The molecule has 0 atom stereocenters. The third-order valence-electron chi connectivity index (χ3n) is 0.940. The highest BCUT2D eigenvalue weighted by molar-refractivity contribution is 5.34. The van der Waals surface area contributed by atoms with Gasteiger partial charge in [-0.3, -0.25) is 0 Å². The molecule has 0 heterocycles. The number of hydrogen-bond donors (Lipinski definition) is 2. The van der Waals surface area contributed by atoms with Crippen molar-refractivity contribution in [3.8, 4) is 0 Å². The van der Waals surface area contributed by atoms with Crippen LogP contribution in [0.25, 0.3) is 0 Å². The third kappa shape index (κ3) is 2.04. The topological polar surface area (TPSA) is 46.2 Å². The predicted molar refractivity (Wildman–Crippen MR) is 38.9 cm³/mol. The van der Waals surface area contributed by atoms with E-state index in [2.05, 4.69) is 13.2 Å². The Morgan fingerprint density at radius 3 is 2.11 bits per heavy atom. The van der Waals surface area contributed by atoms with E-state index in [0.717, 1.165) is 0 Å². The van der Waals surface area contributed by atoms with Gasteiger partial charge in [-0.15, -0.1) is 0 Å². The summed E-state index contributed by atoms with van der Waals surface area (Å²) >= 11 is 0. The van der Waals surface area contributed by atoms with E-state index in [1.54, 1.807) is 6.92 Å². The second-order valence-electron chi connectivity index (χ2n) is 1.75. The second kappa shape index (κ2) is 2.97. The van der Waals surface area contributed by atoms with Gasteiger partial charge in [-0.05, 0) is 6.92 Å². The Morgan fingerprint density at radius 1 is 1.67 bits per heavy atom. The minimum absolute atomic E-state index is 0.0370. The Hall–Kier alpha value is -1.18. The first kappa shape index (κ1) is 7.82. The molecule has 0 aromatic rings. The number of rotatable bonds is 2. The first-order chi connectivity index (χ1) is 4.09. The van der Waals surface area contributed by atoms with E-state index >= 15 is 0 Å². The van der Waals surface area contributed by atoms with Crippen molar-refractivity contribution in [2.75, 3.05) is 0 Å². The molecule has 50 valence electrons. The van der Waals surface area contributed by atoms with Crippen LogP contribution in [0.1, 0.15) is 6.92 Å². The Balaban J connectivity index is 4.55. The van der Waals surface area contributed by atoms with Crippen molar-refractivity contribution in [3.05, 3.63) is 36.3 Å². The lowest BCUT2D eigenvalue weighted by Crippen LogP contribution is -1.97. The summed E-state index contributed by atoms with van der Waals surface area (Å²) in [6.45, 7) is 8.42. The molecule has 0 saturated heterocycles. The number of allylic oxidation sites excluding steroid dienone is 2. The lowest BCUT2D eigenvalue weighted by molar-refractivity contribution is 0.428.